The lowest BCUT2D eigenvalue weighted by Gasteiger charge is -2.10. The number of hydrogen-bond donors (Lipinski definition) is 1. The second-order valence-electron chi connectivity index (χ2n) is 5.63. The first-order valence-electron chi connectivity index (χ1n) is 7.29. The summed E-state index contributed by atoms with van der Waals surface area (Å²) in [5.41, 5.74) is -0.492. The fraction of sp³-hybridized carbons (Fsp3) is 0.118. The summed E-state index contributed by atoms with van der Waals surface area (Å²) < 4.78 is 63.3. The topological polar surface area (TPSA) is 62.8 Å². The number of nitrogens with one attached hydrogen (secondary N) is 1. The molecule has 0 amide bonds. The van der Waals surface area contributed by atoms with Gasteiger partial charge in [-0.05, 0) is 29.8 Å². The summed E-state index contributed by atoms with van der Waals surface area (Å²) >= 11 is 5.92. The summed E-state index contributed by atoms with van der Waals surface area (Å²) in [4.78, 5) is 0.0668. The van der Waals surface area contributed by atoms with E-state index in [1.165, 1.54) is 36.4 Å². The number of benzene rings is 2. The van der Waals surface area contributed by atoms with Gasteiger partial charge < -0.3 is 0 Å². The SMILES string of the molecule is CS(=O)(=O)c1ccc(-c2n[nH]c(C(F)(F)F)c2-c2cccc(Cl)c2)cc1. The maximum atomic E-state index is 13.4. The van der Waals surface area contributed by atoms with E-state index in [4.69, 9.17) is 11.6 Å². The number of alkyl halides is 3. The molecule has 0 atom stereocenters. The zero-order chi connectivity index (χ0) is 19.1. The average molecular weight is 401 g/mol. The molecule has 1 N–H and O–H groups in total. The quantitative estimate of drug-likeness (QED) is 0.685. The third kappa shape index (κ3) is 3.61. The summed E-state index contributed by atoms with van der Waals surface area (Å²) in [5, 5.41) is 6.14. The Hall–Kier alpha value is -2.32. The molecular formula is C17H12ClF3N2O2S. The van der Waals surface area contributed by atoms with Crippen molar-refractivity contribution in [1.29, 1.82) is 0 Å². The molecule has 0 unspecified atom stereocenters. The Kier molecular flexibility index (Phi) is 4.58. The molecule has 9 heteroatoms. The maximum Gasteiger partial charge on any atom is 0.433 e. The lowest BCUT2D eigenvalue weighted by molar-refractivity contribution is -0.140. The van der Waals surface area contributed by atoms with Gasteiger partial charge in [-0.3, -0.25) is 5.10 Å². The van der Waals surface area contributed by atoms with Crippen molar-refractivity contribution in [2.45, 2.75) is 11.1 Å². The Balaban J connectivity index is 2.21. The first-order chi connectivity index (χ1) is 12.1. The monoisotopic (exact) mass is 400 g/mol. The van der Waals surface area contributed by atoms with E-state index in [0.29, 0.717) is 5.56 Å². The van der Waals surface area contributed by atoms with Crippen molar-refractivity contribution >= 4 is 21.4 Å². The molecule has 136 valence electrons. The van der Waals surface area contributed by atoms with E-state index < -0.39 is 21.7 Å². The van der Waals surface area contributed by atoms with Crippen molar-refractivity contribution in [1.82, 2.24) is 10.2 Å². The van der Waals surface area contributed by atoms with Crippen LogP contribution >= 0.6 is 11.6 Å². The fourth-order valence-corrected chi connectivity index (χ4v) is 3.36. The summed E-state index contributed by atoms with van der Waals surface area (Å²) in [5.74, 6) is 0. The molecule has 2 aromatic carbocycles. The Morgan fingerprint density at radius 1 is 1.04 bits per heavy atom. The third-order valence-corrected chi connectivity index (χ3v) is 5.08. The van der Waals surface area contributed by atoms with Crippen molar-refractivity contribution in [2.24, 2.45) is 0 Å². The summed E-state index contributed by atoms with van der Waals surface area (Å²) in [6, 6.07) is 11.5. The minimum absolute atomic E-state index is 0.0552. The molecule has 0 bridgehead atoms. The minimum atomic E-state index is -4.64. The molecule has 4 nitrogen and oxygen atoms in total. The zero-order valence-electron chi connectivity index (χ0n) is 13.3. The van der Waals surface area contributed by atoms with Crippen LogP contribution in [0.15, 0.2) is 53.4 Å². The van der Waals surface area contributed by atoms with Gasteiger partial charge in [0.2, 0.25) is 0 Å². The molecular weight excluding hydrogens is 389 g/mol. The van der Waals surface area contributed by atoms with Crippen molar-refractivity contribution in [3.05, 3.63) is 59.2 Å². The molecule has 0 saturated heterocycles. The van der Waals surface area contributed by atoms with Gasteiger partial charge in [0.25, 0.3) is 0 Å². The highest BCUT2D eigenvalue weighted by molar-refractivity contribution is 7.90. The van der Waals surface area contributed by atoms with Crippen LogP contribution in [0.4, 0.5) is 13.2 Å². The lowest BCUT2D eigenvalue weighted by atomic mass is 9.99. The first kappa shape index (κ1) is 18.5. The highest BCUT2D eigenvalue weighted by Crippen LogP contribution is 2.41. The van der Waals surface area contributed by atoms with Crippen molar-refractivity contribution in [2.75, 3.05) is 6.26 Å². The summed E-state index contributed by atoms with van der Waals surface area (Å²) in [7, 11) is -3.41. The minimum Gasteiger partial charge on any atom is -0.272 e. The lowest BCUT2D eigenvalue weighted by Crippen LogP contribution is -2.07. The van der Waals surface area contributed by atoms with Crippen LogP contribution in [0.1, 0.15) is 5.69 Å². The van der Waals surface area contributed by atoms with Crippen LogP contribution in [0.25, 0.3) is 22.4 Å². The van der Waals surface area contributed by atoms with E-state index in [2.05, 4.69) is 5.10 Å². The molecule has 1 aromatic heterocycles. The second-order valence-corrected chi connectivity index (χ2v) is 8.08. The van der Waals surface area contributed by atoms with E-state index >= 15 is 0 Å². The van der Waals surface area contributed by atoms with E-state index in [-0.39, 0.29) is 26.7 Å². The van der Waals surface area contributed by atoms with E-state index in [9.17, 15) is 21.6 Å². The van der Waals surface area contributed by atoms with E-state index in [1.54, 1.807) is 12.1 Å². The van der Waals surface area contributed by atoms with Gasteiger partial charge in [0.1, 0.15) is 11.4 Å². The van der Waals surface area contributed by atoms with Crippen LogP contribution in [0.3, 0.4) is 0 Å². The van der Waals surface area contributed by atoms with Crippen LogP contribution < -0.4 is 0 Å². The highest BCUT2D eigenvalue weighted by atomic mass is 35.5. The van der Waals surface area contributed by atoms with Gasteiger partial charge in [0.15, 0.2) is 9.84 Å². The second kappa shape index (κ2) is 6.44. The van der Waals surface area contributed by atoms with Crippen molar-refractivity contribution < 1.29 is 21.6 Å². The Bertz CT molecular complexity index is 1060. The first-order valence-corrected chi connectivity index (χ1v) is 9.56. The Morgan fingerprint density at radius 3 is 2.23 bits per heavy atom. The largest absolute Gasteiger partial charge is 0.433 e. The molecule has 3 aromatic rings. The van der Waals surface area contributed by atoms with Gasteiger partial charge in [-0.1, -0.05) is 35.9 Å². The number of H-pyrrole nitrogens is 1. The van der Waals surface area contributed by atoms with Gasteiger partial charge in [-0.2, -0.15) is 18.3 Å². The number of aromatic nitrogens is 2. The molecule has 0 radical (unpaired) electrons. The van der Waals surface area contributed by atoms with E-state index in [0.717, 1.165) is 6.26 Å². The Morgan fingerprint density at radius 2 is 1.69 bits per heavy atom. The number of rotatable bonds is 3. The van der Waals surface area contributed by atoms with E-state index in [1.807, 2.05) is 5.10 Å². The van der Waals surface area contributed by atoms with Crippen LogP contribution in [-0.2, 0) is 16.0 Å². The van der Waals surface area contributed by atoms with Gasteiger partial charge in [0, 0.05) is 22.4 Å². The van der Waals surface area contributed by atoms with Crippen LogP contribution in [0.2, 0.25) is 5.02 Å². The molecule has 0 saturated carbocycles. The molecule has 0 aliphatic carbocycles. The molecule has 0 spiro atoms. The summed E-state index contributed by atoms with van der Waals surface area (Å²) in [6.07, 6.45) is -3.59. The van der Waals surface area contributed by atoms with Crippen LogP contribution in [0.5, 0.6) is 0 Å². The predicted octanol–water partition coefficient (Wildman–Crippen LogP) is 4.82. The third-order valence-electron chi connectivity index (χ3n) is 3.72. The standard InChI is InChI=1S/C17H12ClF3N2O2S/c1-26(24,25)13-7-5-10(6-8-13)15-14(11-3-2-4-12(18)9-11)16(23-22-15)17(19,20)21/h2-9H,1H3,(H,22,23). The highest BCUT2D eigenvalue weighted by Gasteiger charge is 2.38. The number of aromatic amines is 1. The van der Waals surface area contributed by atoms with Gasteiger partial charge in [0.05, 0.1) is 4.90 Å². The molecule has 26 heavy (non-hydrogen) atoms. The molecule has 1 heterocycles. The Labute approximate surface area is 152 Å². The van der Waals surface area contributed by atoms with Gasteiger partial charge in [-0.25, -0.2) is 8.42 Å². The van der Waals surface area contributed by atoms with Gasteiger partial charge >= 0.3 is 6.18 Å². The van der Waals surface area contributed by atoms with Crippen LogP contribution in [-0.4, -0.2) is 24.9 Å². The normalized spacial score (nSPS) is 12.3. The molecule has 0 fully saturated rings. The number of nitrogens with zero attached hydrogens (tertiary/aromatic N) is 1. The molecule has 0 aliphatic rings. The molecule has 0 aliphatic heterocycles. The smallest absolute Gasteiger partial charge is 0.272 e. The number of sulfone groups is 1. The maximum absolute atomic E-state index is 13.4. The molecule has 3 rings (SSSR count). The van der Waals surface area contributed by atoms with Gasteiger partial charge in [-0.15, -0.1) is 0 Å². The zero-order valence-corrected chi connectivity index (χ0v) is 14.9. The number of hydrogen-bond acceptors (Lipinski definition) is 3. The predicted molar refractivity (Wildman–Crippen MR) is 92.6 cm³/mol. The van der Waals surface area contributed by atoms with Crippen LogP contribution in [0, 0.1) is 0 Å². The van der Waals surface area contributed by atoms with Crippen molar-refractivity contribution in [3.8, 4) is 22.4 Å². The number of halogens is 4. The van der Waals surface area contributed by atoms with Crippen molar-refractivity contribution in [3.63, 3.8) is 0 Å². The fourth-order valence-electron chi connectivity index (χ4n) is 2.54. The summed E-state index contributed by atoms with van der Waals surface area (Å²) in [6.45, 7) is 0. The average Bonchev–Trinajstić information content (AvgIpc) is 2.99.